The smallest absolute Gasteiger partial charge is 0.419 e. The number of hydrogen-bond acceptors (Lipinski definition) is 9. The van der Waals surface area contributed by atoms with Gasteiger partial charge in [0.15, 0.2) is 11.5 Å². The Morgan fingerprint density at radius 3 is 2.54 bits per heavy atom. The number of carbonyl (C=O) groups is 2. The number of hydrogen-bond donors (Lipinski definition) is 2. The fourth-order valence-electron chi connectivity index (χ4n) is 4.81. The van der Waals surface area contributed by atoms with E-state index in [1.54, 1.807) is 20.8 Å². The first-order chi connectivity index (χ1) is 19.2. The second kappa shape index (κ2) is 11.7. The monoisotopic (exact) mass is 586 g/mol. The van der Waals surface area contributed by atoms with Crippen molar-refractivity contribution in [1.29, 1.82) is 0 Å². The second-order valence-corrected chi connectivity index (χ2v) is 12.9. The first-order valence-electron chi connectivity index (χ1n) is 13.3. The number of fused-ring (bicyclic) bond motifs is 2. The van der Waals surface area contributed by atoms with Crippen LogP contribution in [-0.2, 0) is 27.9 Å². The van der Waals surface area contributed by atoms with E-state index in [0.29, 0.717) is 28.9 Å². The predicted molar refractivity (Wildman–Crippen MR) is 157 cm³/mol. The maximum atomic E-state index is 13.6. The Bertz CT molecular complexity index is 1590. The van der Waals surface area contributed by atoms with E-state index >= 15 is 0 Å². The minimum atomic E-state index is -3.92. The number of aromatic nitrogens is 1. The number of rotatable bonds is 10. The summed E-state index contributed by atoms with van der Waals surface area (Å²) in [6.45, 7) is 7.89. The van der Waals surface area contributed by atoms with Crippen molar-refractivity contribution in [1.82, 2.24) is 20.1 Å². The molecule has 0 atom stereocenters. The van der Waals surface area contributed by atoms with Gasteiger partial charge in [-0.25, -0.2) is 9.36 Å². The molecular weight excluding hydrogens is 548 g/mol. The van der Waals surface area contributed by atoms with Crippen LogP contribution >= 0.6 is 0 Å². The van der Waals surface area contributed by atoms with Crippen LogP contribution in [0.2, 0.25) is 0 Å². The van der Waals surface area contributed by atoms with Gasteiger partial charge in [0.25, 0.3) is 5.91 Å². The Balaban J connectivity index is 1.86. The van der Waals surface area contributed by atoms with Gasteiger partial charge in [-0.1, -0.05) is 6.07 Å². The minimum absolute atomic E-state index is 0.0412. The van der Waals surface area contributed by atoms with Gasteiger partial charge in [0.05, 0.1) is 30.1 Å². The van der Waals surface area contributed by atoms with Crippen molar-refractivity contribution in [2.45, 2.75) is 45.9 Å². The standard InChI is InChI=1S/C29H38N4O7S/c1-29(2,3)39-28(35)33-22-10-9-18(16-30-11-8-12-32(4)5)13-19(22)14-23(33)20-15-24(38-6)26(40-41(7,36)37)21-17-31-27(34)25(20)21/h9-10,13-15,30H,8,11-12,16-17H2,1-7H3,(H,31,34). The first-order valence-corrected chi connectivity index (χ1v) is 15.1. The lowest BCUT2D eigenvalue weighted by Gasteiger charge is -2.22. The van der Waals surface area contributed by atoms with Crippen LogP contribution in [0.5, 0.6) is 11.5 Å². The molecule has 41 heavy (non-hydrogen) atoms. The molecule has 0 spiro atoms. The van der Waals surface area contributed by atoms with Crippen molar-refractivity contribution in [3.05, 3.63) is 47.0 Å². The summed E-state index contributed by atoms with van der Waals surface area (Å²) in [7, 11) is 1.55. The number of ether oxygens (including phenoxy) is 2. The molecule has 11 nitrogen and oxygen atoms in total. The van der Waals surface area contributed by atoms with Gasteiger partial charge in [-0.15, -0.1) is 0 Å². The Morgan fingerprint density at radius 2 is 1.90 bits per heavy atom. The second-order valence-electron chi connectivity index (χ2n) is 11.4. The van der Waals surface area contributed by atoms with Gasteiger partial charge in [-0.3, -0.25) is 4.79 Å². The topological polar surface area (TPSA) is 128 Å². The number of nitrogens with one attached hydrogen (secondary N) is 2. The van der Waals surface area contributed by atoms with Crippen molar-refractivity contribution in [3.63, 3.8) is 0 Å². The van der Waals surface area contributed by atoms with E-state index in [4.69, 9.17) is 13.7 Å². The highest BCUT2D eigenvalue weighted by molar-refractivity contribution is 7.86. The fraction of sp³-hybridized carbons (Fsp3) is 0.448. The molecule has 1 aliphatic heterocycles. The summed E-state index contributed by atoms with van der Waals surface area (Å²) in [6, 6.07) is 9.15. The highest BCUT2D eigenvalue weighted by atomic mass is 32.2. The summed E-state index contributed by atoms with van der Waals surface area (Å²) >= 11 is 0. The molecule has 0 bridgehead atoms. The zero-order valence-corrected chi connectivity index (χ0v) is 25.4. The summed E-state index contributed by atoms with van der Waals surface area (Å²) in [5, 5.41) is 6.97. The average Bonchev–Trinajstić information content (AvgIpc) is 3.43. The molecule has 0 saturated heterocycles. The van der Waals surface area contributed by atoms with Crippen LogP contribution in [0.25, 0.3) is 22.2 Å². The van der Waals surface area contributed by atoms with Crippen LogP contribution in [0, 0.1) is 0 Å². The Hall–Kier alpha value is -3.61. The normalized spacial score (nSPS) is 13.4. The van der Waals surface area contributed by atoms with Crippen LogP contribution < -0.4 is 19.6 Å². The number of benzene rings is 2. The fourth-order valence-corrected chi connectivity index (χ4v) is 5.29. The quantitative estimate of drug-likeness (QED) is 0.270. The third-order valence-electron chi connectivity index (χ3n) is 6.46. The molecule has 0 aliphatic carbocycles. The molecule has 2 heterocycles. The third kappa shape index (κ3) is 7.00. The van der Waals surface area contributed by atoms with Gasteiger partial charge in [-0.05, 0) is 84.2 Å². The maximum Gasteiger partial charge on any atom is 0.419 e. The van der Waals surface area contributed by atoms with Crippen LogP contribution in [0.15, 0.2) is 30.3 Å². The highest BCUT2D eigenvalue weighted by Crippen LogP contribution is 2.44. The number of carbonyl (C=O) groups excluding carboxylic acids is 2. The predicted octanol–water partition coefficient (Wildman–Crippen LogP) is 3.72. The molecule has 3 aromatic rings. The highest BCUT2D eigenvalue weighted by Gasteiger charge is 2.34. The van der Waals surface area contributed by atoms with E-state index in [-0.39, 0.29) is 23.6 Å². The molecular formula is C29H38N4O7S. The van der Waals surface area contributed by atoms with Crippen LogP contribution in [0.4, 0.5) is 4.79 Å². The lowest BCUT2D eigenvalue weighted by Crippen LogP contribution is -2.27. The van der Waals surface area contributed by atoms with Crippen LogP contribution in [0.1, 0.15) is 48.7 Å². The molecule has 0 unspecified atom stereocenters. The van der Waals surface area contributed by atoms with Crippen molar-refractivity contribution in [2.24, 2.45) is 0 Å². The summed E-state index contributed by atoms with van der Waals surface area (Å²) in [5.74, 6) is -0.362. The van der Waals surface area contributed by atoms with E-state index in [9.17, 15) is 18.0 Å². The maximum absolute atomic E-state index is 13.6. The van der Waals surface area contributed by atoms with Crippen molar-refractivity contribution >= 4 is 33.0 Å². The molecule has 1 amide bonds. The molecule has 2 aromatic carbocycles. The summed E-state index contributed by atoms with van der Waals surface area (Å²) in [5.41, 5.74) is 2.20. The Kier molecular flexibility index (Phi) is 8.67. The molecule has 0 saturated carbocycles. The van der Waals surface area contributed by atoms with Gasteiger partial charge in [0.1, 0.15) is 5.60 Å². The molecule has 2 N–H and O–H groups in total. The zero-order valence-electron chi connectivity index (χ0n) is 24.6. The van der Waals surface area contributed by atoms with Gasteiger partial charge in [0.2, 0.25) is 0 Å². The number of nitrogens with zero attached hydrogens (tertiary/aromatic N) is 2. The van der Waals surface area contributed by atoms with E-state index < -0.39 is 27.7 Å². The largest absolute Gasteiger partial charge is 0.493 e. The SMILES string of the molecule is COc1cc(-c2cc3cc(CNCCCN(C)C)ccc3n2C(=O)OC(C)(C)C)c2c(c1OS(C)(=O)=O)CNC2=O. The first kappa shape index (κ1) is 30.4. The van der Waals surface area contributed by atoms with Crippen LogP contribution in [-0.4, -0.2) is 76.0 Å². The van der Waals surface area contributed by atoms with E-state index in [1.165, 1.54) is 17.7 Å². The Morgan fingerprint density at radius 1 is 1.17 bits per heavy atom. The Labute approximate surface area is 240 Å². The molecule has 1 aromatic heterocycles. The van der Waals surface area contributed by atoms with Crippen molar-refractivity contribution in [2.75, 3.05) is 40.6 Å². The summed E-state index contributed by atoms with van der Waals surface area (Å²) in [6.07, 6.45) is 1.33. The minimum Gasteiger partial charge on any atom is -0.493 e. The number of methoxy groups -OCH3 is 1. The molecule has 4 rings (SSSR count). The molecule has 1 aliphatic rings. The molecule has 0 radical (unpaired) electrons. The van der Waals surface area contributed by atoms with Crippen molar-refractivity contribution < 1.29 is 31.7 Å². The lowest BCUT2D eigenvalue weighted by molar-refractivity contribution is 0.0546. The van der Waals surface area contributed by atoms with Gasteiger partial charge in [0, 0.05) is 29.6 Å². The molecule has 222 valence electrons. The molecule has 0 fully saturated rings. The van der Waals surface area contributed by atoms with Crippen molar-refractivity contribution in [3.8, 4) is 22.8 Å². The van der Waals surface area contributed by atoms with Crippen LogP contribution in [0.3, 0.4) is 0 Å². The molecule has 12 heteroatoms. The van der Waals surface area contributed by atoms with Gasteiger partial charge in [-0.2, -0.15) is 8.42 Å². The lowest BCUT2D eigenvalue weighted by atomic mass is 9.98. The third-order valence-corrected chi connectivity index (χ3v) is 6.93. The average molecular weight is 587 g/mol. The van der Waals surface area contributed by atoms with E-state index in [1.807, 2.05) is 38.4 Å². The van der Waals surface area contributed by atoms with Gasteiger partial charge < -0.3 is 29.2 Å². The van der Waals surface area contributed by atoms with Gasteiger partial charge >= 0.3 is 16.2 Å². The number of amides is 1. The van der Waals surface area contributed by atoms with E-state index in [2.05, 4.69) is 15.5 Å². The van der Waals surface area contributed by atoms with E-state index in [0.717, 1.165) is 36.7 Å². The summed E-state index contributed by atoms with van der Waals surface area (Å²) in [4.78, 5) is 28.8. The summed E-state index contributed by atoms with van der Waals surface area (Å²) < 4.78 is 42.0. The zero-order chi connectivity index (χ0) is 30.1.